The van der Waals surface area contributed by atoms with Gasteiger partial charge in [0, 0.05) is 42.9 Å². The fourth-order valence-corrected chi connectivity index (χ4v) is 4.85. The zero-order valence-electron chi connectivity index (χ0n) is 22.2. The van der Waals surface area contributed by atoms with Crippen molar-refractivity contribution in [2.45, 2.75) is 46.6 Å². The molecule has 3 aromatic rings. The number of amides is 2. The average molecular weight is 501 g/mol. The quantitative estimate of drug-likeness (QED) is 0.448. The van der Waals surface area contributed by atoms with Gasteiger partial charge in [0.15, 0.2) is 0 Å². The van der Waals surface area contributed by atoms with Gasteiger partial charge in [-0.1, -0.05) is 45.0 Å². The van der Waals surface area contributed by atoms with Crippen molar-refractivity contribution in [3.63, 3.8) is 0 Å². The van der Waals surface area contributed by atoms with Crippen LogP contribution in [-0.2, 0) is 4.79 Å². The third kappa shape index (κ3) is 6.10. The van der Waals surface area contributed by atoms with E-state index in [0.29, 0.717) is 19.6 Å². The van der Waals surface area contributed by atoms with E-state index < -0.39 is 6.09 Å². The molecule has 1 aliphatic heterocycles. The normalized spacial score (nSPS) is 16.8. The lowest BCUT2D eigenvalue weighted by atomic mass is 9.84. The highest BCUT2D eigenvalue weighted by atomic mass is 16.4. The van der Waals surface area contributed by atoms with E-state index in [1.54, 1.807) is 11.1 Å². The van der Waals surface area contributed by atoms with Gasteiger partial charge < -0.3 is 20.2 Å². The van der Waals surface area contributed by atoms with E-state index >= 15 is 0 Å². The molecule has 0 spiro atoms. The molecule has 1 aromatic heterocycles. The van der Waals surface area contributed by atoms with Crippen LogP contribution < -0.4 is 10.2 Å². The van der Waals surface area contributed by atoms with Crippen LogP contribution in [0, 0.1) is 12.3 Å². The Morgan fingerprint density at radius 2 is 1.76 bits per heavy atom. The first-order valence-electron chi connectivity index (χ1n) is 12.7. The summed E-state index contributed by atoms with van der Waals surface area (Å²) in [5.41, 5.74) is 5.62. The number of benzene rings is 2. The van der Waals surface area contributed by atoms with Crippen molar-refractivity contribution in [3.05, 3.63) is 78.1 Å². The zero-order chi connectivity index (χ0) is 26.7. The van der Waals surface area contributed by atoms with Crippen molar-refractivity contribution in [2.24, 2.45) is 5.41 Å². The first-order chi connectivity index (χ1) is 17.5. The van der Waals surface area contributed by atoms with Crippen LogP contribution >= 0.6 is 0 Å². The third-order valence-electron chi connectivity index (χ3n) is 7.14. The molecule has 1 aliphatic rings. The molecule has 2 amide bonds. The van der Waals surface area contributed by atoms with E-state index in [0.717, 1.165) is 33.8 Å². The van der Waals surface area contributed by atoms with Crippen LogP contribution in [0.3, 0.4) is 0 Å². The predicted molar refractivity (Wildman–Crippen MR) is 148 cm³/mol. The van der Waals surface area contributed by atoms with Crippen LogP contribution in [0.4, 0.5) is 16.2 Å². The second-order valence-corrected chi connectivity index (χ2v) is 10.9. The van der Waals surface area contributed by atoms with Gasteiger partial charge in [0.05, 0.1) is 12.0 Å². The number of carbonyl (C=O) groups excluding carboxylic acids is 1. The Balaban J connectivity index is 1.45. The number of nitrogens with one attached hydrogen (secondary N) is 1. The maximum atomic E-state index is 13.1. The Morgan fingerprint density at radius 1 is 1.03 bits per heavy atom. The lowest BCUT2D eigenvalue weighted by Gasteiger charge is -2.46. The zero-order valence-corrected chi connectivity index (χ0v) is 22.2. The molecule has 4 rings (SSSR count). The second kappa shape index (κ2) is 10.6. The molecule has 0 aliphatic carbocycles. The number of carboxylic acid groups (broad SMARTS) is 1. The van der Waals surface area contributed by atoms with Crippen LogP contribution in [-0.4, -0.2) is 52.7 Å². The van der Waals surface area contributed by atoms with Crippen LogP contribution in [0.1, 0.15) is 44.9 Å². The SMILES string of the molecule is Cc1cc(-c2ccc(NC(=O)C(C)c3cccc(N4CCN(C(=O)O)C(C(C)(C)C)C4)c3)cc2)ccn1. The van der Waals surface area contributed by atoms with Crippen molar-refractivity contribution in [3.8, 4) is 11.1 Å². The number of hydrogen-bond acceptors (Lipinski definition) is 4. The van der Waals surface area contributed by atoms with Crippen molar-refractivity contribution < 1.29 is 14.7 Å². The maximum absolute atomic E-state index is 13.1. The Morgan fingerprint density at radius 3 is 2.41 bits per heavy atom. The van der Waals surface area contributed by atoms with Gasteiger partial charge in [0.1, 0.15) is 0 Å². The van der Waals surface area contributed by atoms with Crippen LogP contribution in [0.5, 0.6) is 0 Å². The van der Waals surface area contributed by atoms with Gasteiger partial charge in [-0.25, -0.2) is 4.79 Å². The van der Waals surface area contributed by atoms with Crippen molar-refractivity contribution in [1.29, 1.82) is 0 Å². The third-order valence-corrected chi connectivity index (χ3v) is 7.14. The van der Waals surface area contributed by atoms with Crippen molar-refractivity contribution >= 4 is 23.4 Å². The van der Waals surface area contributed by atoms with Gasteiger partial charge in [0.2, 0.25) is 5.91 Å². The Labute approximate surface area is 219 Å². The minimum absolute atomic E-state index is 0.0760. The Kier molecular flexibility index (Phi) is 7.52. The average Bonchev–Trinajstić information content (AvgIpc) is 2.88. The number of piperazine rings is 1. The number of pyridine rings is 1. The molecule has 2 N–H and O–H groups in total. The summed E-state index contributed by atoms with van der Waals surface area (Å²) in [5.74, 6) is -0.422. The summed E-state index contributed by atoms with van der Waals surface area (Å²) < 4.78 is 0. The number of anilines is 2. The smallest absolute Gasteiger partial charge is 0.407 e. The van der Waals surface area contributed by atoms with E-state index in [9.17, 15) is 14.7 Å². The standard InChI is InChI=1S/C30H36N4O3/c1-20-17-24(13-14-31-20)22-9-11-25(12-10-22)32-28(35)21(2)23-7-6-8-26(18-23)33-15-16-34(29(36)37)27(19-33)30(3,4)5/h6-14,17-18,21,27H,15-16,19H2,1-5H3,(H,32,35)(H,36,37). The fourth-order valence-electron chi connectivity index (χ4n) is 4.85. The molecule has 0 saturated carbocycles. The first kappa shape index (κ1) is 26.2. The van der Waals surface area contributed by atoms with Gasteiger partial charge >= 0.3 is 6.09 Å². The predicted octanol–water partition coefficient (Wildman–Crippen LogP) is 6.01. The lowest BCUT2D eigenvalue weighted by molar-refractivity contribution is -0.117. The highest BCUT2D eigenvalue weighted by molar-refractivity contribution is 5.96. The minimum atomic E-state index is -0.873. The fraction of sp³-hybridized carbons (Fsp3) is 0.367. The maximum Gasteiger partial charge on any atom is 0.407 e. The summed E-state index contributed by atoms with van der Waals surface area (Å²) in [5, 5.41) is 12.7. The summed E-state index contributed by atoms with van der Waals surface area (Å²) in [6, 6.07) is 19.7. The summed E-state index contributed by atoms with van der Waals surface area (Å²) in [6.07, 6.45) is 0.924. The highest BCUT2D eigenvalue weighted by Gasteiger charge is 2.38. The van der Waals surface area contributed by atoms with Crippen molar-refractivity contribution in [1.82, 2.24) is 9.88 Å². The van der Waals surface area contributed by atoms with Crippen LogP contribution in [0.15, 0.2) is 66.9 Å². The van der Waals surface area contributed by atoms with Crippen molar-refractivity contribution in [2.75, 3.05) is 29.9 Å². The van der Waals surface area contributed by atoms with E-state index in [4.69, 9.17) is 0 Å². The number of hydrogen-bond donors (Lipinski definition) is 2. The van der Waals surface area contributed by atoms with E-state index in [2.05, 4.69) is 42.0 Å². The number of rotatable bonds is 5. The topological polar surface area (TPSA) is 85.8 Å². The van der Waals surface area contributed by atoms with Crippen LogP contribution in [0.2, 0.25) is 0 Å². The number of carbonyl (C=O) groups is 2. The number of aromatic nitrogens is 1. The molecular weight excluding hydrogens is 464 g/mol. The summed E-state index contributed by atoms with van der Waals surface area (Å²) in [6.45, 7) is 11.8. The number of aryl methyl sites for hydroxylation is 1. The molecular formula is C30H36N4O3. The highest BCUT2D eigenvalue weighted by Crippen LogP contribution is 2.31. The van der Waals surface area contributed by atoms with Gasteiger partial charge in [0.25, 0.3) is 0 Å². The lowest BCUT2D eigenvalue weighted by Crippen LogP contribution is -2.59. The molecule has 2 unspecified atom stereocenters. The molecule has 1 fully saturated rings. The molecule has 1 saturated heterocycles. The molecule has 194 valence electrons. The Bertz CT molecular complexity index is 1270. The van der Waals surface area contributed by atoms with Crippen LogP contribution in [0.25, 0.3) is 11.1 Å². The summed E-state index contributed by atoms with van der Waals surface area (Å²) in [7, 11) is 0. The van der Waals surface area contributed by atoms with E-state index in [-0.39, 0.29) is 23.3 Å². The molecule has 2 heterocycles. The van der Waals surface area contributed by atoms with Gasteiger partial charge in [-0.3, -0.25) is 9.78 Å². The van der Waals surface area contributed by atoms with Gasteiger partial charge in [-0.2, -0.15) is 0 Å². The minimum Gasteiger partial charge on any atom is -0.465 e. The largest absolute Gasteiger partial charge is 0.465 e. The molecule has 2 atom stereocenters. The second-order valence-electron chi connectivity index (χ2n) is 10.9. The van der Waals surface area contributed by atoms with E-state index in [1.165, 1.54) is 0 Å². The molecule has 37 heavy (non-hydrogen) atoms. The Hall–Kier alpha value is -3.87. The molecule has 0 bridgehead atoms. The number of nitrogens with zero attached hydrogens (tertiary/aromatic N) is 3. The van der Waals surface area contributed by atoms with Gasteiger partial charge in [-0.05, 0) is 72.4 Å². The molecule has 0 radical (unpaired) electrons. The van der Waals surface area contributed by atoms with Gasteiger partial charge in [-0.15, -0.1) is 0 Å². The molecule has 7 heteroatoms. The molecule has 7 nitrogen and oxygen atoms in total. The van der Waals surface area contributed by atoms with E-state index in [1.807, 2.05) is 68.4 Å². The summed E-state index contributed by atoms with van der Waals surface area (Å²) >= 11 is 0. The first-order valence-corrected chi connectivity index (χ1v) is 12.7. The summed E-state index contributed by atoms with van der Waals surface area (Å²) in [4.78, 5) is 32.9. The monoisotopic (exact) mass is 500 g/mol. The molecule has 2 aromatic carbocycles.